The zero-order chi connectivity index (χ0) is 13.3. The second-order valence-corrected chi connectivity index (χ2v) is 6.36. The Morgan fingerprint density at radius 2 is 2.11 bits per heavy atom. The lowest BCUT2D eigenvalue weighted by Crippen LogP contribution is -2.62. The fourth-order valence-electron chi connectivity index (χ4n) is 3.41. The molecular weight excluding hydrogens is 228 g/mol. The Kier molecular flexibility index (Phi) is 3.64. The predicted octanol–water partition coefficient (Wildman–Crippen LogP) is 1.69. The fraction of sp³-hybridized carbons (Fsp3) is 0.857. The first-order chi connectivity index (χ1) is 8.44. The third kappa shape index (κ3) is 2.52. The highest BCUT2D eigenvalue weighted by Crippen LogP contribution is 2.38. The minimum Gasteiger partial charge on any atom is -0.345 e. The molecular formula is C14H24N2O2. The first-order valence-corrected chi connectivity index (χ1v) is 7.03. The highest BCUT2D eigenvalue weighted by molar-refractivity contribution is 5.94. The summed E-state index contributed by atoms with van der Waals surface area (Å²) in [5.41, 5.74) is 0.287. The van der Waals surface area contributed by atoms with Gasteiger partial charge in [-0.3, -0.25) is 9.59 Å². The van der Waals surface area contributed by atoms with E-state index < -0.39 is 0 Å². The van der Waals surface area contributed by atoms with Gasteiger partial charge in [0.1, 0.15) is 6.04 Å². The molecule has 2 aliphatic rings. The number of rotatable bonds is 2. The van der Waals surface area contributed by atoms with Gasteiger partial charge < -0.3 is 10.2 Å². The molecule has 1 aliphatic carbocycles. The van der Waals surface area contributed by atoms with E-state index in [0.717, 1.165) is 19.3 Å². The molecule has 102 valence electrons. The summed E-state index contributed by atoms with van der Waals surface area (Å²) < 4.78 is 0. The molecule has 18 heavy (non-hydrogen) atoms. The van der Waals surface area contributed by atoms with Crippen molar-refractivity contribution in [2.45, 2.75) is 65.0 Å². The zero-order valence-electron chi connectivity index (χ0n) is 11.7. The van der Waals surface area contributed by atoms with Crippen LogP contribution in [0.1, 0.15) is 52.9 Å². The average Bonchev–Trinajstić information content (AvgIpc) is 2.30. The molecule has 0 aromatic carbocycles. The quantitative estimate of drug-likeness (QED) is 0.813. The van der Waals surface area contributed by atoms with Gasteiger partial charge in [0.05, 0.1) is 6.54 Å². The predicted molar refractivity (Wildman–Crippen MR) is 70.0 cm³/mol. The molecule has 2 amide bonds. The first kappa shape index (κ1) is 13.4. The smallest absolute Gasteiger partial charge is 0.243 e. The van der Waals surface area contributed by atoms with Crippen molar-refractivity contribution in [3.8, 4) is 0 Å². The van der Waals surface area contributed by atoms with E-state index in [1.165, 1.54) is 6.42 Å². The lowest BCUT2D eigenvalue weighted by Gasteiger charge is -2.45. The van der Waals surface area contributed by atoms with Crippen LogP contribution in [0.15, 0.2) is 0 Å². The number of hydrogen-bond acceptors (Lipinski definition) is 2. The van der Waals surface area contributed by atoms with Crippen molar-refractivity contribution in [2.24, 2.45) is 5.41 Å². The van der Waals surface area contributed by atoms with Gasteiger partial charge in [0.25, 0.3) is 0 Å². The van der Waals surface area contributed by atoms with Crippen LogP contribution in [-0.4, -0.2) is 35.3 Å². The van der Waals surface area contributed by atoms with Crippen molar-refractivity contribution in [1.82, 2.24) is 10.2 Å². The van der Waals surface area contributed by atoms with Crippen molar-refractivity contribution >= 4 is 11.8 Å². The van der Waals surface area contributed by atoms with E-state index >= 15 is 0 Å². The molecule has 0 aromatic heterocycles. The lowest BCUT2D eigenvalue weighted by molar-refractivity contribution is -0.150. The minimum absolute atomic E-state index is 0.0143. The molecule has 4 heteroatoms. The summed E-state index contributed by atoms with van der Waals surface area (Å²) in [7, 11) is 0. The lowest BCUT2D eigenvalue weighted by atomic mass is 9.74. The number of hydrogen-bond donors (Lipinski definition) is 1. The molecule has 2 atom stereocenters. The second kappa shape index (κ2) is 4.90. The van der Waals surface area contributed by atoms with Gasteiger partial charge >= 0.3 is 0 Å². The van der Waals surface area contributed by atoms with E-state index in [2.05, 4.69) is 19.2 Å². The summed E-state index contributed by atoms with van der Waals surface area (Å²) in [5.74, 6) is 0.102. The van der Waals surface area contributed by atoms with Crippen LogP contribution < -0.4 is 5.32 Å². The molecule has 0 radical (unpaired) electrons. The Hall–Kier alpha value is -1.06. The topological polar surface area (TPSA) is 49.4 Å². The molecule has 0 bridgehead atoms. The van der Waals surface area contributed by atoms with E-state index in [1.807, 2.05) is 11.8 Å². The second-order valence-electron chi connectivity index (χ2n) is 6.36. The first-order valence-electron chi connectivity index (χ1n) is 7.03. The highest BCUT2D eigenvalue weighted by Gasteiger charge is 2.40. The SMILES string of the molecule is CCC1C(=O)NCC(=O)N1C1CCCC(C)(C)C1. The molecule has 1 saturated heterocycles. The maximum Gasteiger partial charge on any atom is 0.243 e. The molecule has 0 spiro atoms. The fourth-order valence-corrected chi connectivity index (χ4v) is 3.41. The van der Waals surface area contributed by atoms with Crippen molar-refractivity contribution in [2.75, 3.05) is 6.54 Å². The van der Waals surface area contributed by atoms with Gasteiger partial charge in [-0.05, 0) is 31.1 Å². The monoisotopic (exact) mass is 252 g/mol. The summed E-state index contributed by atoms with van der Waals surface area (Å²) >= 11 is 0. The van der Waals surface area contributed by atoms with Crippen LogP contribution in [0.5, 0.6) is 0 Å². The van der Waals surface area contributed by atoms with Gasteiger partial charge in [-0.15, -0.1) is 0 Å². The number of nitrogens with zero attached hydrogens (tertiary/aromatic N) is 1. The Morgan fingerprint density at radius 1 is 1.39 bits per heavy atom. The van der Waals surface area contributed by atoms with Crippen molar-refractivity contribution < 1.29 is 9.59 Å². The largest absolute Gasteiger partial charge is 0.345 e. The Labute approximate surface area is 109 Å². The summed E-state index contributed by atoms with van der Waals surface area (Å²) in [6.07, 6.45) is 5.13. The van der Waals surface area contributed by atoms with Crippen LogP contribution >= 0.6 is 0 Å². The molecule has 2 rings (SSSR count). The third-order valence-electron chi connectivity index (χ3n) is 4.30. The molecule has 2 unspecified atom stereocenters. The summed E-state index contributed by atoms with van der Waals surface area (Å²) in [6.45, 7) is 6.67. The Balaban J connectivity index is 2.17. The highest BCUT2D eigenvalue weighted by atomic mass is 16.2. The van der Waals surface area contributed by atoms with Crippen molar-refractivity contribution in [1.29, 1.82) is 0 Å². The average molecular weight is 252 g/mol. The molecule has 1 aliphatic heterocycles. The summed E-state index contributed by atoms with van der Waals surface area (Å²) in [6, 6.07) is -0.0117. The standard InChI is InChI=1S/C14H24N2O2/c1-4-11-13(18)15-9-12(17)16(11)10-6-5-7-14(2,3)8-10/h10-11H,4-9H2,1-3H3,(H,15,18). The molecule has 0 aromatic rings. The van der Waals surface area contributed by atoms with E-state index in [4.69, 9.17) is 0 Å². The molecule has 2 fully saturated rings. The normalized spacial score (nSPS) is 32.3. The molecule has 1 N–H and O–H groups in total. The van der Waals surface area contributed by atoms with Gasteiger partial charge in [0.2, 0.25) is 11.8 Å². The van der Waals surface area contributed by atoms with Gasteiger partial charge in [-0.25, -0.2) is 0 Å². The van der Waals surface area contributed by atoms with Gasteiger partial charge in [0, 0.05) is 6.04 Å². The van der Waals surface area contributed by atoms with Crippen LogP contribution in [0.4, 0.5) is 0 Å². The van der Waals surface area contributed by atoms with E-state index in [0.29, 0.717) is 6.42 Å². The van der Waals surface area contributed by atoms with E-state index in [-0.39, 0.29) is 35.9 Å². The van der Waals surface area contributed by atoms with Gasteiger partial charge in [-0.2, -0.15) is 0 Å². The Morgan fingerprint density at radius 3 is 2.72 bits per heavy atom. The van der Waals surface area contributed by atoms with Crippen molar-refractivity contribution in [3.05, 3.63) is 0 Å². The number of piperazine rings is 1. The minimum atomic E-state index is -0.259. The van der Waals surface area contributed by atoms with Crippen LogP contribution in [0, 0.1) is 5.41 Å². The summed E-state index contributed by atoms with van der Waals surface area (Å²) in [5, 5.41) is 2.69. The number of carbonyl (C=O) groups is 2. The molecule has 1 saturated carbocycles. The number of carbonyl (C=O) groups excluding carboxylic acids is 2. The number of nitrogens with one attached hydrogen (secondary N) is 1. The van der Waals surface area contributed by atoms with E-state index in [9.17, 15) is 9.59 Å². The van der Waals surface area contributed by atoms with Crippen LogP contribution in [0.2, 0.25) is 0 Å². The Bertz CT molecular complexity index is 352. The van der Waals surface area contributed by atoms with Crippen LogP contribution in [-0.2, 0) is 9.59 Å². The molecule has 4 nitrogen and oxygen atoms in total. The summed E-state index contributed by atoms with van der Waals surface area (Å²) in [4.78, 5) is 25.9. The van der Waals surface area contributed by atoms with E-state index in [1.54, 1.807) is 0 Å². The number of amides is 2. The van der Waals surface area contributed by atoms with Gasteiger partial charge in [-0.1, -0.05) is 27.2 Å². The zero-order valence-corrected chi connectivity index (χ0v) is 11.7. The third-order valence-corrected chi connectivity index (χ3v) is 4.30. The maximum atomic E-state index is 12.1. The maximum absolute atomic E-state index is 12.1. The van der Waals surface area contributed by atoms with Gasteiger partial charge in [0.15, 0.2) is 0 Å². The van der Waals surface area contributed by atoms with Crippen LogP contribution in [0.3, 0.4) is 0 Å². The van der Waals surface area contributed by atoms with Crippen molar-refractivity contribution in [3.63, 3.8) is 0 Å². The van der Waals surface area contributed by atoms with Crippen LogP contribution in [0.25, 0.3) is 0 Å². The molecule has 1 heterocycles.